The molecule has 140 valence electrons. The van der Waals surface area contributed by atoms with Crippen LogP contribution < -0.4 is 15.0 Å². The minimum Gasteiger partial charge on any atom is -0.479 e. The molecule has 1 heterocycles. The van der Waals surface area contributed by atoms with Crippen LogP contribution in [0.1, 0.15) is 28.4 Å². The minimum atomic E-state index is -1.09. The third kappa shape index (κ3) is 3.76. The van der Waals surface area contributed by atoms with E-state index >= 15 is 0 Å². The van der Waals surface area contributed by atoms with Crippen LogP contribution in [0.15, 0.2) is 36.4 Å². The maximum Gasteiger partial charge on any atom is 0.335 e. The van der Waals surface area contributed by atoms with Crippen molar-refractivity contribution in [1.82, 2.24) is 0 Å². The average Bonchev–Trinajstić information content (AvgIpc) is 2.61. The fraction of sp³-hybridized carbons (Fsp3) is 0.250. The maximum absolute atomic E-state index is 12.5. The summed E-state index contributed by atoms with van der Waals surface area (Å²) in [7, 11) is 0. The quantitative estimate of drug-likeness (QED) is 0.865. The first kappa shape index (κ1) is 18.4. The number of benzene rings is 2. The van der Waals surface area contributed by atoms with Gasteiger partial charge in [-0.05, 0) is 56.2 Å². The molecule has 0 fully saturated rings. The number of carboxylic acid groups (broad SMARTS) is 1. The van der Waals surface area contributed by atoms with Crippen LogP contribution in [0.25, 0.3) is 0 Å². The van der Waals surface area contributed by atoms with Crippen molar-refractivity contribution in [2.45, 2.75) is 26.9 Å². The molecule has 1 aliphatic rings. The Hall–Kier alpha value is -3.35. The third-order valence-corrected chi connectivity index (χ3v) is 4.38. The molecule has 1 aliphatic heterocycles. The van der Waals surface area contributed by atoms with Crippen LogP contribution in [0.3, 0.4) is 0 Å². The van der Waals surface area contributed by atoms with E-state index in [9.17, 15) is 14.4 Å². The summed E-state index contributed by atoms with van der Waals surface area (Å²) in [5, 5.41) is 12.0. The van der Waals surface area contributed by atoms with Gasteiger partial charge >= 0.3 is 5.97 Å². The molecule has 0 spiro atoms. The predicted molar refractivity (Wildman–Crippen MR) is 100 cm³/mol. The summed E-state index contributed by atoms with van der Waals surface area (Å²) in [6, 6.07) is 9.95. The molecule has 7 heteroatoms. The highest BCUT2D eigenvalue weighted by Gasteiger charge is 2.33. The highest BCUT2D eigenvalue weighted by atomic mass is 16.5. The van der Waals surface area contributed by atoms with E-state index in [1.54, 1.807) is 6.92 Å². The molecular formula is C20H20N2O5. The summed E-state index contributed by atoms with van der Waals surface area (Å²) in [6.07, 6.45) is -0.810. The van der Waals surface area contributed by atoms with Gasteiger partial charge in [-0.15, -0.1) is 0 Å². The molecule has 0 saturated carbocycles. The van der Waals surface area contributed by atoms with Gasteiger partial charge in [0.05, 0.1) is 11.3 Å². The Bertz CT molecular complexity index is 938. The molecule has 1 atom stereocenters. The molecule has 0 aliphatic carbocycles. The van der Waals surface area contributed by atoms with Gasteiger partial charge in [-0.1, -0.05) is 12.1 Å². The second kappa shape index (κ2) is 7.11. The van der Waals surface area contributed by atoms with Crippen LogP contribution in [-0.2, 0) is 9.59 Å². The van der Waals surface area contributed by atoms with Gasteiger partial charge in [0.25, 0.3) is 5.91 Å². The standard InChI is InChI=1S/C20H20N2O5/c1-11-4-5-12(2)15(8-11)21-18(23)10-22-16-7-6-14(20(25)26)9-17(16)27-13(3)19(22)24/h4-9,13H,10H2,1-3H3,(H,21,23)(H,25,26). The number of carbonyl (C=O) groups is 3. The van der Waals surface area contributed by atoms with Gasteiger partial charge in [0.15, 0.2) is 6.10 Å². The number of nitrogens with zero attached hydrogens (tertiary/aromatic N) is 1. The first-order valence-corrected chi connectivity index (χ1v) is 8.48. The highest BCUT2D eigenvalue weighted by molar-refractivity contribution is 6.06. The van der Waals surface area contributed by atoms with Crippen molar-refractivity contribution >= 4 is 29.2 Å². The summed E-state index contributed by atoms with van der Waals surface area (Å²) in [6.45, 7) is 5.19. The van der Waals surface area contributed by atoms with E-state index in [-0.39, 0.29) is 29.7 Å². The Labute approximate surface area is 156 Å². The number of hydrogen-bond acceptors (Lipinski definition) is 4. The lowest BCUT2D eigenvalue weighted by Gasteiger charge is -2.32. The number of amides is 2. The van der Waals surface area contributed by atoms with Crippen molar-refractivity contribution in [2.75, 3.05) is 16.8 Å². The van der Waals surface area contributed by atoms with Gasteiger partial charge in [-0.25, -0.2) is 4.79 Å². The zero-order valence-electron chi connectivity index (χ0n) is 15.3. The number of ether oxygens (including phenoxy) is 1. The van der Waals surface area contributed by atoms with Crippen LogP contribution >= 0.6 is 0 Å². The van der Waals surface area contributed by atoms with Crippen molar-refractivity contribution in [2.24, 2.45) is 0 Å². The average molecular weight is 368 g/mol. The van der Waals surface area contributed by atoms with Crippen LogP contribution in [0, 0.1) is 13.8 Å². The van der Waals surface area contributed by atoms with Crippen molar-refractivity contribution in [1.29, 1.82) is 0 Å². The zero-order chi connectivity index (χ0) is 19.7. The molecule has 27 heavy (non-hydrogen) atoms. The second-order valence-electron chi connectivity index (χ2n) is 6.54. The molecule has 1 unspecified atom stereocenters. The van der Waals surface area contributed by atoms with Crippen molar-refractivity contribution < 1.29 is 24.2 Å². The number of anilines is 2. The number of hydrogen-bond donors (Lipinski definition) is 2. The normalized spacial score (nSPS) is 15.7. The fourth-order valence-electron chi connectivity index (χ4n) is 2.91. The molecule has 0 aromatic heterocycles. The lowest BCUT2D eigenvalue weighted by atomic mass is 10.1. The molecule has 2 amide bonds. The summed E-state index contributed by atoms with van der Waals surface area (Å²) in [5.41, 5.74) is 3.05. The van der Waals surface area contributed by atoms with E-state index in [2.05, 4.69) is 5.32 Å². The highest BCUT2D eigenvalue weighted by Crippen LogP contribution is 2.35. The van der Waals surface area contributed by atoms with Gasteiger partial charge in [-0.3, -0.25) is 14.5 Å². The maximum atomic E-state index is 12.5. The smallest absolute Gasteiger partial charge is 0.335 e. The molecular weight excluding hydrogens is 348 g/mol. The Kier molecular flexibility index (Phi) is 4.85. The van der Waals surface area contributed by atoms with E-state index in [4.69, 9.17) is 9.84 Å². The van der Waals surface area contributed by atoms with Crippen molar-refractivity contribution in [3.63, 3.8) is 0 Å². The Morgan fingerprint density at radius 2 is 1.93 bits per heavy atom. The summed E-state index contributed by atoms with van der Waals surface area (Å²) < 4.78 is 5.51. The van der Waals surface area contributed by atoms with E-state index in [0.29, 0.717) is 11.4 Å². The van der Waals surface area contributed by atoms with E-state index in [1.807, 2.05) is 32.0 Å². The second-order valence-corrected chi connectivity index (χ2v) is 6.54. The van der Waals surface area contributed by atoms with Gasteiger partial charge < -0.3 is 15.2 Å². The SMILES string of the molecule is Cc1ccc(C)c(NC(=O)CN2C(=O)C(C)Oc3cc(C(=O)O)ccc32)c1. The molecule has 0 bridgehead atoms. The summed E-state index contributed by atoms with van der Waals surface area (Å²) in [5.74, 6) is -1.53. The number of nitrogens with one attached hydrogen (secondary N) is 1. The van der Waals surface area contributed by atoms with Crippen LogP contribution in [0.4, 0.5) is 11.4 Å². The number of carbonyl (C=O) groups excluding carboxylic acids is 2. The van der Waals surface area contributed by atoms with E-state index in [1.165, 1.54) is 23.1 Å². The molecule has 2 N–H and O–H groups in total. The Balaban J connectivity index is 1.85. The fourth-order valence-corrected chi connectivity index (χ4v) is 2.91. The molecule has 2 aromatic rings. The minimum absolute atomic E-state index is 0.0510. The molecule has 3 rings (SSSR count). The first-order chi connectivity index (χ1) is 12.8. The van der Waals surface area contributed by atoms with Gasteiger partial charge in [0, 0.05) is 5.69 Å². The Morgan fingerprint density at radius 3 is 2.63 bits per heavy atom. The zero-order valence-corrected chi connectivity index (χ0v) is 15.3. The monoisotopic (exact) mass is 368 g/mol. The molecule has 0 radical (unpaired) electrons. The van der Waals surface area contributed by atoms with Crippen LogP contribution in [0.2, 0.25) is 0 Å². The number of carboxylic acids is 1. The van der Waals surface area contributed by atoms with Crippen LogP contribution in [-0.4, -0.2) is 35.5 Å². The molecule has 2 aromatic carbocycles. The van der Waals surface area contributed by atoms with Gasteiger partial charge in [0.2, 0.25) is 5.91 Å². The molecule has 0 saturated heterocycles. The number of aryl methyl sites for hydroxylation is 2. The predicted octanol–water partition coefficient (Wildman–Crippen LogP) is 2.75. The molecule has 7 nitrogen and oxygen atoms in total. The Morgan fingerprint density at radius 1 is 1.19 bits per heavy atom. The summed E-state index contributed by atoms with van der Waals surface area (Å²) >= 11 is 0. The summed E-state index contributed by atoms with van der Waals surface area (Å²) in [4.78, 5) is 37.5. The number of rotatable bonds is 4. The van der Waals surface area contributed by atoms with E-state index in [0.717, 1.165) is 11.1 Å². The van der Waals surface area contributed by atoms with Crippen molar-refractivity contribution in [3.8, 4) is 5.75 Å². The largest absolute Gasteiger partial charge is 0.479 e. The van der Waals surface area contributed by atoms with Gasteiger partial charge in [-0.2, -0.15) is 0 Å². The van der Waals surface area contributed by atoms with Crippen LogP contribution in [0.5, 0.6) is 5.75 Å². The number of aromatic carboxylic acids is 1. The van der Waals surface area contributed by atoms with E-state index < -0.39 is 12.1 Å². The first-order valence-electron chi connectivity index (χ1n) is 8.48. The topological polar surface area (TPSA) is 95.9 Å². The van der Waals surface area contributed by atoms with Gasteiger partial charge in [0.1, 0.15) is 12.3 Å². The lowest BCUT2D eigenvalue weighted by molar-refractivity contribution is -0.127. The van der Waals surface area contributed by atoms with Crippen molar-refractivity contribution in [3.05, 3.63) is 53.1 Å². The lowest BCUT2D eigenvalue weighted by Crippen LogP contribution is -2.47. The third-order valence-electron chi connectivity index (χ3n) is 4.38. The number of fused-ring (bicyclic) bond motifs is 1.